The van der Waals surface area contributed by atoms with Crippen LogP contribution < -0.4 is 41.7 Å². The minimum absolute atomic E-state index is 0.00172. The van der Waals surface area contributed by atoms with Gasteiger partial charge >= 0.3 is 5.69 Å². The molecule has 4 aromatic carbocycles. The molecule has 0 radical (unpaired) electrons. The molecule has 6 atom stereocenters. The standard InChI is InChI=1S/C73H87Cl2N12O17P/c1-48(2)87(49(3)4)105(102-32-12-27-76)104-66-63(47-101-73(52-13-10-9-11-14-52,53-17-21-56(94-7)22-18-53)54-19-23-57(95-8)24-20-54)103-71(86-30-26-64(88)81-72(86)92)67(66)100-46-55-45-85(83-82-55)31-34-96-35-36-97-37-38-98-39-40-99-62-42-50(58-25-28-79-84(5)70(58)91)15-16-51(62)41-61(68(89)78-29-33-93-6)80-69(90)65-59(74)43-77-44-60(65)75/h9-11,13-26,28,30,42-45,48-49,61,63,66-67,71H,12,29,31-41,46-47H2,1-8H3,(H,78,89)(H,80,90)(H,81,88,92)/t61-,63+,66+,67+,71+,105?/m0/s1. The molecule has 9 rings (SSSR count). The third-order valence-electron chi connectivity index (χ3n) is 16.7. The molecular weight excluding hydrogens is 1420 g/mol. The van der Waals surface area contributed by atoms with Crippen molar-refractivity contribution in [2.45, 2.75) is 102 Å². The number of nitrogens with one attached hydrogen (secondary N) is 3. The first-order valence-electron chi connectivity index (χ1n) is 34.0. The predicted octanol–water partition coefficient (Wildman–Crippen LogP) is 7.99. The molecule has 4 aromatic heterocycles. The molecule has 560 valence electrons. The van der Waals surface area contributed by atoms with E-state index in [1.807, 2.05) is 107 Å². The lowest BCUT2D eigenvalue weighted by atomic mass is 9.80. The Morgan fingerprint density at radius 3 is 2.07 bits per heavy atom. The number of benzene rings is 4. The number of hydrogen-bond donors (Lipinski definition) is 3. The SMILES string of the molecule is COCCNC(=O)[C@H](Cc1ccc(-c2ccnn(C)c2=O)cc1OCCOCCOCCOCCn1cc(CO[C@@H]2[C@H](OP(OCCC#N)N(C(C)C)C(C)C)[C@@H](COC(c3ccccc3)(c3ccc(OC)cc3)c3ccc(OC)cc3)O[C@H]2n2ccc(=O)[nH]c2=O)nn1)NC(=O)c1c(Cl)cncc1Cl. The Hall–Kier alpha value is -8.83. The van der Waals surface area contributed by atoms with Crippen molar-refractivity contribution in [1.29, 1.82) is 5.26 Å². The number of rotatable bonds is 42. The fourth-order valence-corrected chi connectivity index (χ4v) is 14.0. The van der Waals surface area contributed by atoms with E-state index in [1.165, 1.54) is 47.2 Å². The topological polar surface area (TPSA) is 329 Å². The molecule has 5 heterocycles. The number of H-pyrrole nitrogens is 1. The normalized spacial score (nSPS) is 15.8. The highest BCUT2D eigenvalue weighted by atomic mass is 35.5. The second-order valence-electron chi connectivity index (χ2n) is 24.4. The highest BCUT2D eigenvalue weighted by Gasteiger charge is 2.52. The number of aryl methyl sites for hydroxylation is 1. The van der Waals surface area contributed by atoms with Crippen LogP contribution in [0.4, 0.5) is 0 Å². The Balaban J connectivity index is 0.839. The Kier molecular flexibility index (Phi) is 30.6. The van der Waals surface area contributed by atoms with Gasteiger partial charge in [-0.1, -0.05) is 95.1 Å². The Labute approximate surface area is 618 Å². The summed E-state index contributed by atoms with van der Waals surface area (Å²) >= 11 is 12.6. The largest absolute Gasteiger partial charge is 0.497 e. The van der Waals surface area contributed by atoms with E-state index in [9.17, 15) is 29.2 Å². The van der Waals surface area contributed by atoms with Gasteiger partial charge in [-0.25, -0.2) is 18.8 Å². The molecule has 1 unspecified atom stereocenters. The molecule has 0 spiro atoms. The molecule has 0 bridgehead atoms. The van der Waals surface area contributed by atoms with E-state index in [-0.39, 0.29) is 125 Å². The molecule has 1 fully saturated rings. The zero-order valence-corrected chi connectivity index (χ0v) is 62.0. The molecule has 105 heavy (non-hydrogen) atoms. The summed E-state index contributed by atoms with van der Waals surface area (Å²) in [6.45, 7) is 9.95. The van der Waals surface area contributed by atoms with Crippen molar-refractivity contribution in [2.75, 3.05) is 93.9 Å². The van der Waals surface area contributed by atoms with Crippen LogP contribution in [0.2, 0.25) is 10.0 Å². The Morgan fingerprint density at radius 1 is 0.790 bits per heavy atom. The summed E-state index contributed by atoms with van der Waals surface area (Å²) in [5, 5.41) is 28.0. The number of halogens is 2. The van der Waals surface area contributed by atoms with Crippen molar-refractivity contribution in [1.82, 2.24) is 54.6 Å². The molecule has 0 saturated carbocycles. The summed E-state index contributed by atoms with van der Waals surface area (Å²) in [7, 11) is 4.26. The van der Waals surface area contributed by atoms with Crippen LogP contribution in [0.15, 0.2) is 155 Å². The van der Waals surface area contributed by atoms with Crippen LogP contribution in [-0.2, 0) is 79.2 Å². The smallest absolute Gasteiger partial charge is 0.330 e. The highest BCUT2D eigenvalue weighted by molar-refractivity contribution is 7.44. The average Bonchev–Trinajstić information content (AvgIpc) is 1.51. The van der Waals surface area contributed by atoms with Crippen LogP contribution >= 0.6 is 31.7 Å². The number of hydrogen-bond acceptors (Lipinski definition) is 23. The van der Waals surface area contributed by atoms with Gasteiger partial charge in [0.1, 0.15) is 59.5 Å². The van der Waals surface area contributed by atoms with E-state index >= 15 is 0 Å². The molecule has 3 N–H and O–H groups in total. The fourth-order valence-electron chi connectivity index (χ4n) is 11.7. The van der Waals surface area contributed by atoms with Crippen molar-refractivity contribution in [2.24, 2.45) is 7.05 Å². The summed E-state index contributed by atoms with van der Waals surface area (Å²) in [6, 6.07) is 33.7. The Morgan fingerprint density at radius 2 is 1.44 bits per heavy atom. The number of ether oxygens (including phenoxy) is 10. The van der Waals surface area contributed by atoms with Crippen LogP contribution in [0.1, 0.15) is 78.6 Å². The molecular formula is C73H87Cl2N12O17P. The molecule has 1 saturated heterocycles. The number of carbonyl (C=O) groups is 2. The van der Waals surface area contributed by atoms with Crippen LogP contribution in [0.5, 0.6) is 17.2 Å². The van der Waals surface area contributed by atoms with Crippen molar-refractivity contribution in [3.8, 4) is 34.4 Å². The fraction of sp³-hybridized carbons (Fsp3) is 0.425. The maximum Gasteiger partial charge on any atom is 0.330 e. The lowest BCUT2D eigenvalue weighted by Gasteiger charge is -2.39. The number of aromatic amines is 1. The van der Waals surface area contributed by atoms with Crippen molar-refractivity contribution < 1.29 is 66.0 Å². The van der Waals surface area contributed by atoms with E-state index in [4.69, 9.17) is 79.6 Å². The molecule has 32 heteroatoms. The minimum Gasteiger partial charge on any atom is -0.497 e. The molecule has 0 aliphatic carbocycles. The first kappa shape index (κ1) is 80.3. The number of carbonyl (C=O) groups excluding carboxylic acids is 2. The number of pyridine rings is 1. The average molecular weight is 1510 g/mol. The lowest BCUT2D eigenvalue weighted by molar-refractivity contribution is -0.123. The van der Waals surface area contributed by atoms with Gasteiger partial charge in [0.05, 0.1) is 127 Å². The van der Waals surface area contributed by atoms with Gasteiger partial charge in [-0.3, -0.25) is 33.7 Å². The second kappa shape index (κ2) is 40.0. The van der Waals surface area contributed by atoms with Crippen molar-refractivity contribution >= 4 is 43.5 Å². The van der Waals surface area contributed by atoms with Gasteiger partial charge in [-0.2, -0.15) is 10.4 Å². The molecule has 29 nitrogen and oxygen atoms in total. The molecule has 1 aliphatic rings. The van der Waals surface area contributed by atoms with E-state index < -0.39 is 67.8 Å². The van der Waals surface area contributed by atoms with Crippen LogP contribution in [-0.4, -0.2) is 186 Å². The van der Waals surface area contributed by atoms with Gasteiger partial charge in [0.15, 0.2) is 6.23 Å². The number of amides is 2. The van der Waals surface area contributed by atoms with Crippen LogP contribution in [0.3, 0.4) is 0 Å². The summed E-state index contributed by atoms with van der Waals surface area (Å²) < 4.78 is 81.3. The monoisotopic (exact) mass is 1500 g/mol. The van der Waals surface area contributed by atoms with Gasteiger partial charge in [0.25, 0.3) is 25.6 Å². The lowest BCUT2D eigenvalue weighted by Crippen LogP contribution is -2.48. The van der Waals surface area contributed by atoms with Crippen molar-refractivity contribution in [3.63, 3.8) is 0 Å². The van der Waals surface area contributed by atoms with E-state index in [0.29, 0.717) is 46.2 Å². The highest BCUT2D eigenvalue weighted by Crippen LogP contribution is 2.51. The summed E-state index contributed by atoms with van der Waals surface area (Å²) in [5.41, 5.74) is 1.06. The van der Waals surface area contributed by atoms with E-state index in [0.717, 1.165) is 16.7 Å². The number of aromatic nitrogens is 8. The number of nitriles is 1. The summed E-state index contributed by atoms with van der Waals surface area (Å²) in [5.74, 6) is 0.395. The summed E-state index contributed by atoms with van der Waals surface area (Å²) in [4.78, 5) is 73.3. The van der Waals surface area contributed by atoms with E-state index in [1.54, 1.807) is 56.4 Å². The maximum atomic E-state index is 13.9. The van der Waals surface area contributed by atoms with E-state index in [2.05, 4.69) is 46.8 Å². The second-order valence-corrected chi connectivity index (χ2v) is 26.7. The van der Waals surface area contributed by atoms with Gasteiger partial charge in [-0.15, -0.1) is 5.10 Å². The zero-order chi connectivity index (χ0) is 74.8. The third-order valence-corrected chi connectivity index (χ3v) is 19.4. The first-order valence-corrected chi connectivity index (χ1v) is 35.9. The van der Waals surface area contributed by atoms with Crippen LogP contribution in [0, 0.1) is 11.3 Å². The van der Waals surface area contributed by atoms with Gasteiger partial charge < -0.3 is 67.0 Å². The minimum atomic E-state index is -1.98. The van der Waals surface area contributed by atoms with Crippen molar-refractivity contribution in [3.05, 3.63) is 215 Å². The molecule has 8 aromatic rings. The predicted molar refractivity (Wildman–Crippen MR) is 389 cm³/mol. The van der Waals surface area contributed by atoms with Gasteiger partial charge in [0.2, 0.25) is 5.91 Å². The van der Waals surface area contributed by atoms with Gasteiger partial charge in [0, 0.05) is 70.1 Å². The zero-order valence-electron chi connectivity index (χ0n) is 59.6. The molecule has 2 amide bonds. The number of methoxy groups -OCH3 is 3. The maximum absolute atomic E-state index is 13.9. The van der Waals surface area contributed by atoms with Crippen LogP contribution in [0.25, 0.3) is 11.1 Å². The number of nitrogens with zero attached hydrogens (tertiary/aromatic N) is 9. The quantitative estimate of drug-likeness (QED) is 0.0185. The molecule has 1 aliphatic heterocycles. The van der Waals surface area contributed by atoms with Gasteiger partial charge in [-0.05, 0) is 91.9 Å². The third kappa shape index (κ3) is 21.5. The summed E-state index contributed by atoms with van der Waals surface area (Å²) in [6.07, 6.45) is 2.76. The Bertz CT molecular complexity index is 4240. The first-order chi connectivity index (χ1) is 50.9.